The van der Waals surface area contributed by atoms with Crippen LogP contribution in [-0.4, -0.2) is 61.3 Å². The summed E-state index contributed by atoms with van der Waals surface area (Å²) in [6.07, 6.45) is 3.00. The lowest BCUT2D eigenvalue weighted by atomic mass is 10.2. The minimum Gasteiger partial charge on any atom is -0.370 e. The Hall–Kier alpha value is -0.520. The first kappa shape index (κ1) is 21.8. The number of guanidine groups is 1. The van der Waals surface area contributed by atoms with Crippen molar-refractivity contribution < 1.29 is 8.42 Å². The van der Waals surface area contributed by atoms with E-state index in [1.807, 2.05) is 23.9 Å². The van der Waals surface area contributed by atoms with Crippen LogP contribution in [0.4, 0.5) is 0 Å². The molecular formula is C17H27IN4O2S2. The second-order valence-electron chi connectivity index (χ2n) is 6.38. The number of thioether (sulfide) groups is 1. The van der Waals surface area contributed by atoms with Gasteiger partial charge in [-0.15, -0.1) is 24.0 Å². The van der Waals surface area contributed by atoms with Gasteiger partial charge in [-0.2, -0.15) is 16.1 Å². The minimum absolute atomic E-state index is 0. The maximum atomic E-state index is 12.6. The summed E-state index contributed by atoms with van der Waals surface area (Å²) >= 11 is 1.93. The van der Waals surface area contributed by atoms with Crippen LogP contribution in [0.5, 0.6) is 0 Å². The summed E-state index contributed by atoms with van der Waals surface area (Å²) in [7, 11) is -3.36. The molecule has 1 aromatic rings. The maximum Gasteiger partial charge on any atom is 0.243 e. The van der Waals surface area contributed by atoms with E-state index in [-0.39, 0.29) is 24.0 Å². The molecule has 0 unspecified atom stereocenters. The first-order chi connectivity index (χ1) is 12.1. The third-order valence-corrected chi connectivity index (χ3v) is 7.49. The molecule has 0 aromatic heterocycles. The Kier molecular flexibility index (Phi) is 8.49. The van der Waals surface area contributed by atoms with Gasteiger partial charge < -0.3 is 10.6 Å². The average molecular weight is 510 g/mol. The van der Waals surface area contributed by atoms with Gasteiger partial charge in [-0.3, -0.25) is 0 Å². The zero-order chi connectivity index (χ0) is 17.7. The van der Waals surface area contributed by atoms with Crippen molar-refractivity contribution in [2.24, 2.45) is 10.7 Å². The van der Waals surface area contributed by atoms with Crippen LogP contribution in [0.15, 0.2) is 34.2 Å². The van der Waals surface area contributed by atoms with Crippen molar-refractivity contribution in [2.75, 3.05) is 37.7 Å². The van der Waals surface area contributed by atoms with Crippen LogP contribution in [0, 0.1) is 0 Å². The van der Waals surface area contributed by atoms with Crippen LogP contribution < -0.4 is 5.73 Å². The Morgan fingerprint density at radius 2 is 1.65 bits per heavy atom. The molecule has 9 heteroatoms. The molecule has 0 spiro atoms. The molecule has 3 rings (SSSR count). The van der Waals surface area contributed by atoms with Crippen molar-refractivity contribution in [3.05, 3.63) is 29.8 Å². The molecule has 2 saturated heterocycles. The molecule has 0 amide bonds. The molecule has 2 fully saturated rings. The Bertz CT molecular complexity index is 698. The van der Waals surface area contributed by atoms with E-state index in [2.05, 4.69) is 9.89 Å². The fourth-order valence-electron chi connectivity index (χ4n) is 3.09. The number of benzene rings is 1. The van der Waals surface area contributed by atoms with Gasteiger partial charge in [0.1, 0.15) is 0 Å². The van der Waals surface area contributed by atoms with Crippen molar-refractivity contribution in [1.29, 1.82) is 0 Å². The largest absolute Gasteiger partial charge is 0.370 e. The van der Waals surface area contributed by atoms with Gasteiger partial charge in [0.15, 0.2) is 5.96 Å². The number of rotatable bonds is 4. The van der Waals surface area contributed by atoms with E-state index in [4.69, 9.17) is 5.73 Å². The fraction of sp³-hybridized carbons (Fsp3) is 0.588. The zero-order valence-electron chi connectivity index (χ0n) is 14.8. The molecule has 2 heterocycles. The van der Waals surface area contributed by atoms with Gasteiger partial charge in [0.25, 0.3) is 0 Å². The highest BCUT2D eigenvalue weighted by molar-refractivity contribution is 14.0. The standard InChI is InChI=1S/C17H26N4O2S2.HI/c18-17(20-10-12-24-13-11-20)19-14-15-4-6-16(7-5-15)25(22,23)21-8-2-1-3-9-21;/h4-7H,1-3,8-14H2,(H2,18,19);1H. The van der Waals surface area contributed by atoms with Crippen LogP contribution in [0.2, 0.25) is 0 Å². The number of aliphatic imine (C=N–C) groups is 1. The molecule has 1 aromatic carbocycles. The molecule has 2 aliphatic heterocycles. The number of piperidine rings is 1. The van der Waals surface area contributed by atoms with Gasteiger partial charge >= 0.3 is 0 Å². The summed E-state index contributed by atoms with van der Waals surface area (Å²) in [6, 6.07) is 7.03. The lowest BCUT2D eigenvalue weighted by molar-refractivity contribution is 0.346. The first-order valence-electron chi connectivity index (χ1n) is 8.79. The highest BCUT2D eigenvalue weighted by Gasteiger charge is 2.25. The Labute approximate surface area is 177 Å². The maximum absolute atomic E-state index is 12.6. The second kappa shape index (κ2) is 10.1. The van der Waals surface area contributed by atoms with Gasteiger partial charge in [-0.1, -0.05) is 18.6 Å². The molecule has 6 nitrogen and oxygen atoms in total. The molecule has 146 valence electrons. The molecule has 0 aliphatic carbocycles. The lowest BCUT2D eigenvalue weighted by Gasteiger charge is -2.27. The number of sulfonamides is 1. The Balaban J connectivity index is 0.00000243. The van der Waals surface area contributed by atoms with Gasteiger partial charge in [0, 0.05) is 37.7 Å². The fourth-order valence-corrected chi connectivity index (χ4v) is 5.51. The minimum atomic E-state index is -3.36. The highest BCUT2D eigenvalue weighted by Crippen LogP contribution is 2.21. The van der Waals surface area contributed by atoms with Gasteiger partial charge in [0.05, 0.1) is 11.4 Å². The van der Waals surface area contributed by atoms with Crippen molar-refractivity contribution in [3.8, 4) is 0 Å². The van der Waals surface area contributed by atoms with E-state index in [0.29, 0.717) is 30.5 Å². The van der Waals surface area contributed by atoms with Crippen LogP contribution in [0.1, 0.15) is 24.8 Å². The van der Waals surface area contributed by atoms with Gasteiger partial charge in [-0.25, -0.2) is 13.4 Å². The number of halogens is 1. The number of nitrogens with zero attached hydrogens (tertiary/aromatic N) is 3. The first-order valence-corrected chi connectivity index (χ1v) is 11.4. The number of nitrogens with two attached hydrogens (primary N) is 1. The van der Waals surface area contributed by atoms with Crippen LogP contribution in [-0.2, 0) is 16.6 Å². The summed E-state index contributed by atoms with van der Waals surface area (Å²) in [5.74, 6) is 2.74. The summed E-state index contributed by atoms with van der Waals surface area (Å²) in [6.45, 7) is 3.59. The van der Waals surface area contributed by atoms with E-state index >= 15 is 0 Å². The predicted octanol–water partition coefficient (Wildman–Crippen LogP) is 2.34. The van der Waals surface area contributed by atoms with E-state index < -0.39 is 10.0 Å². The van der Waals surface area contributed by atoms with E-state index in [1.165, 1.54) is 0 Å². The topological polar surface area (TPSA) is 79.0 Å². The van der Waals surface area contributed by atoms with E-state index in [9.17, 15) is 8.42 Å². The molecule has 0 saturated carbocycles. The third-order valence-electron chi connectivity index (χ3n) is 4.63. The SMILES string of the molecule is I.NC(=NCc1ccc(S(=O)(=O)N2CCCCC2)cc1)N1CCSCC1. The molecule has 0 atom stereocenters. The summed E-state index contributed by atoms with van der Waals surface area (Å²) in [4.78, 5) is 6.92. The van der Waals surface area contributed by atoms with Crippen LogP contribution in [0.3, 0.4) is 0 Å². The Morgan fingerprint density at radius 3 is 2.27 bits per heavy atom. The monoisotopic (exact) mass is 510 g/mol. The molecule has 2 N–H and O–H groups in total. The highest BCUT2D eigenvalue weighted by atomic mass is 127. The average Bonchev–Trinajstić information content (AvgIpc) is 2.68. The second-order valence-corrected chi connectivity index (χ2v) is 9.55. The van der Waals surface area contributed by atoms with Crippen molar-refractivity contribution in [2.45, 2.75) is 30.7 Å². The van der Waals surface area contributed by atoms with Gasteiger partial charge in [-0.05, 0) is 30.5 Å². The molecule has 0 radical (unpaired) electrons. The van der Waals surface area contributed by atoms with Crippen molar-refractivity contribution in [3.63, 3.8) is 0 Å². The van der Waals surface area contributed by atoms with Crippen molar-refractivity contribution >= 4 is 51.7 Å². The molecule has 0 bridgehead atoms. The van der Waals surface area contributed by atoms with Crippen molar-refractivity contribution in [1.82, 2.24) is 9.21 Å². The summed E-state index contributed by atoms with van der Waals surface area (Å²) in [5, 5.41) is 0. The smallest absolute Gasteiger partial charge is 0.243 e. The molecule has 26 heavy (non-hydrogen) atoms. The van der Waals surface area contributed by atoms with Crippen LogP contribution in [0.25, 0.3) is 0 Å². The summed E-state index contributed by atoms with van der Waals surface area (Å²) < 4.78 is 26.9. The van der Waals surface area contributed by atoms with E-state index in [1.54, 1.807) is 16.4 Å². The van der Waals surface area contributed by atoms with Gasteiger partial charge in [0.2, 0.25) is 10.0 Å². The Morgan fingerprint density at radius 1 is 1.04 bits per heavy atom. The number of hydrogen-bond donors (Lipinski definition) is 1. The number of hydrogen-bond acceptors (Lipinski definition) is 4. The van der Waals surface area contributed by atoms with Crippen LogP contribution >= 0.6 is 35.7 Å². The molecule has 2 aliphatic rings. The zero-order valence-corrected chi connectivity index (χ0v) is 18.8. The van der Waals surface area contributed by atoms with E-state index in [0.717, 1.165) is 49.4 Å². The molecular weight excluding hydrogens is 483 g/mol. The quantitative estimate of drug-likeness (QED) is 0.382. The third kappa shape index (κ3) is 5.49. The summed E-state index contributed by atoms with van der Waals surface area (Å²) in [5.41, 5.74) is 7.02. The predicted molar refractivity (Wildman–Crippen MR) is 119 cm³/mol. The normalized spacial score (nSPS) is 19.8. The lowest BCUT2D eigenvalue weighted by Crippen LogP contribution is -2.42.